The summed E-state index contributed by atoms with van der Waals surface area (Å²) in [4.78, 5) is 37.3. The molecule has 17 heavy (non-hydrogen) atoms. The molecule has 0 unspecified atom stereocenters. The normalized spacial score (nSPS) is 14.8. The fourth-order valence-corrected chi connectivity index (χ4v) is 1.22. The minimum absolute atomic E-state index is 0.0406. The molecule has 0 radical (unpaired) electrons. The van der Waals surface area contributed by atoms with Crippen LogP contribution in [0.5, 0.6) is 0 Å². The topological polar surface area (TPSA) is 96.9 Å². The Morgan fingerprint density at radius 2 is 2.18 bits per heavy atom. The minimum atomic E-state index is -0.454. The van der Waals surface area contributed by atoms with Gasteiger partial charge in [0, 0.05) is 25.8 Å². The number of ether oxygens (including phenoxy) is 1. The monoisotopic (exact) mass is 239 g/mol. The van der Waals surface area contributed by atoms with Crippen LogP contribution in [0, 0.1) is 0 Å². The lowest BCUT2D eigenvalue weighted by Gasteiger charge is -2.13. The highest BCUT2D eigenvalue weighted by Gasteiger charge is 2.18. The van der Waals surface area contributed by atoms with E-state index < -0.39 is 11.7 Å². The largest absolute Gasteiger partial charge is 0.375 e. The third kappa shape index (κ3) is 4.15. The summed E-state index contributed by atoms with van der Waals surface area (Å²) in [6, 6.07) is 0. The maximum absolute atomic E-state index is 11.5. The van der Waals surface area contributed by atoms with E-state index in [1.54, 1.807) is 0 Å². The van der Waals surface area contributed by atoms with Crippen LogP contribution >= 0.6 is 0 Å². The molecule has 92 valence electrons. The lowest BCUT2D eigenvalue weighted by atomic mass is 10.2. The summed E-state index contributed by atoms with van der Waals surface area (Å²) >= 11 is 0. The van der Waals surface area contributed by atoms with Gasteiger partial charge in [-0.2, -0.15) is 0 Å². The molecule has 1 heterocycles. The maximum atomic E-state index is 11.5. The van der Waals surface area contributed by atoms with Gasteiger partial charge in [0.2, 0.25) is 11.7 Å². The molecule has 0 aromatic carbocycles. The average molecular weight is 239 g/mol. The Labute approximate surface area is 97.9 Å². The molecule has 1 aliphatic rings. The van der Waals surface area contributed by atoms with E-state index in [0.717, 1.165) is 0 Å². The number of carbonyl (C=O) groups is 3. The average Bonchev–Trinajstić information content (AvgIpc) is 2.21. The number of hydrogen-bond acceptors (Lipinski definition) is 5. The minimum Gasteiger partial charge on any atom is -0.375 e. The van der Waals surface area contributed by atoms with Crippen molar-refractivity contribution >= 4 is 23.4 Å². The molecule has 1 aliphatic heterocycles. The van der Waals surface area contributed by atoms with E-state index in [1.807, 2.05) is 0 Å². The lowest BCUT2D eigenvalue weighted by molar-refractivity contribution is -0.124. The number of aliphatic imine (C=N–C) groups is 1. The van der Waals surface area contributed by atoms with Crippen LogP contribution in [-0.2, 0) is 19.1 Å². The van der Waals surface area contributed by atoms with Gasteiger partial charge in [0.15, 0.2) is 5.84 Å². The van der Waals surface area contributed by atoms with Crippen LogP contribution in [0.2, 0.25) is 0 Å². The zero-order valence-electron chi connectivity index (χ0n) is 9.57. The fourth-order valence-electron chi connectivity index (χ4n) is 1.22. The zero-order valence-corrected chi connectivity index (χ0v) is 9.57. The highest BCUT2D eigenvalue weighted by molar-refractivity contribution is 6.45. The van der Waals surface area contributed by atoms with Gasteiger partial charge in [0.1, 0.15) is 6.61 Å². The van der Waals surface area contributed by atoms with E-state index >= 15 is 0 Å². The number of ketones is 1. The van der Waals surface area contributed by atoms with E-state index in [2.05, 4.69) is 20.4 Å². The molecule has 0 atom stereocenters. The molecule has 0 bridgehead atoms. The van der Waals surface area contributed by atoms with Gasteiger partial charge in [0.25, 0.3) is 5.91 Å². The first kappa shape index (κ1) is 13.0. The smallest absolute Gasteiger partial charge is 0.251 e. The van der Waals surface area contributed by atoms with E-state index in [9.17, 15) is 14.4 Å². The van der Waals surface area contributed by atoms with Crippen molar-refractivity contribution in [2.75, 3.05) is 20.3 Å². The number of nitrogens with zero attached hydrogens (tertiary/aromatic N) is 1. The summed E-state index contributed by atoms with van der Waals surface area (Å²) in [5, 5.41) is 4.79. The molecular weight excluding hydrogens is 226 g/mol. The second kappa shape index (κ2) is 5.90. The molecule has 2 amide bonds. The Bertz CT molecular complexity index is 412. The second-order valence-electron chi connectivity index (χ2n) is 3.36. The van der Waals surface area contributed by atoms with Crippen molar-refractivity contribution in [2.45, 2.75) is 6.92 Å². The first-order valence-corrected chi connectivity index (χ1v) is 4.88. The summed E-state index contributed by atoms with van der Waals surface area (Å²) in [7, 11) is 1.37. The maximum Gasteiger partial charge on any atom is 0.251 e. The van der Waals surface area contributed by atoms with Gasteiger partial charge in [-0.15, -0.1) is 0 Å². The predicted molar refractivity (Wildman–Crippen MR) is 59.2 cm³/mol. The molecule has 0 saturated heterocycles. The number of carbonyl (C=O) groups excluding carboxylic acids is 3. The summed E-state index contributed by atoms with van der Waals surface area (Å²) < 4.78 is 4.60. The molecule has 2 N–H and O–H groups in total. The van der Waals surface area contributed by atoms with Crippen LogP contribution < -0.4 is 10.6 Å². The fraction of sp³-hybridized carbons (Fsp3) is 0.400. The van der Waals surface area contributed by atoms with Gasteiger partial charge in [0.05, 0.1) is 6.54 Å². The van der Waals surface area contributed by atoms with Crippen LogP contribution in [0.4, 0.5) is 0 Å². The Hall–Kier alpha value is -2.02. The summed E-state index contributed by atoms with van der Waals surface area (Å²) in [6.45, 7) is 1.34. The van der Waals surface area contributed by atoms with Crippen LogP contribution in [0.15, 0.2) is 16.8 Å². The van der Waals surface area contributed by atoms with Crippen LogP contribution in [0.25, 0.3) is 0 Å². The van der Waals surface area contributed by atoms with E-state index in [4.69, 9.17) is 0 Å². The van der Waals surface area contributed by atoms with E-state index in [0.29, 0.717) is 5.70 Å². The number of rotatable bonds is 3. The number of amidine groups is 1. The molecule has 1 rings (SSSR count). The third-order valence-corrected chi connectivity index (χ3v) is 1.82. The molecule has 0 fully saturated rings. The molecule has 7 heteroatoms. The van der Waals surface area contributed by atoms with Crippen molar-refractivity contribution in [3.05, 3.63) is 11.8 Å². The van der Waals surface area contributed by atoms with Crippen molar-refractivity contribution in [3.8, 4) is 0 Å². The van der Waals surface area contributed by atoms with Gasteiger partial charge >= 0.3 is 0 Å². The summed E-state index contributed by atoms with van der Waals surface area (Å²) in [5.74, 6) is -1.22. The van der Waals surface area contributed by atoms with Crippen LogP contribution in [0.1, 0.15) is 6.92 Å². The number of hydrogen-bond donors (Lipinski definition) is 2. The molecule has 0 aromatic heterocycles. The Balaban J connectivity index is 2.58. The van der Waals surface area contributed by atoms with E-state index in [-0.39, 0.29) is 24.9 Å². The number of amides is 2. The van der Waals surface area contributed by atoms with Gasteiger partial charge < -0.3 is 15.4 Å². The van der Waals surface area contributed by atoms with Gasteiger partial charge in [-0.05, 0) is 0 Å². The van der Waals surface area contributed by atoms with E-state index in [1.165, 1.54) is 20.1 Å². The Kier molecular flexibility index (Phi) is 4.53. The van der Waals surface area contributed by atoms with Gasteiger partial charge in [-0.3, -0.25) is 19.4 Å². The first-order chi connectivity index (χ1) is 8.02. The lowest BCUT2D eigenvalue weighted by Crippen LogP contribution is -2.40. The Morgan fingerprint density at radius 3 is 2.71 bits per heavy atom. The van der Waals surface area contributed by atoms with Crippen LogP contribution in [0.3, 0.4) is 0 Å². The quantitative estimate of drug-likeness (QED) is 0.643. The van der Waals surface area contributed by atoms with Gasteiger partial charge in [-0.25, -0.2) is 0 Å². The summed E-state index contributed by atoms with van der Waals surface area (Å²) in [5.41, 5.74) is 0.409. The standard InChI is InChI=1S/C10H13N3O4/c1-6(14)12-7-3-8(15)10(11-4-7)13-9(16)5-17-2/h3H,4-5H2,1-2H3,(H,12,14)(H,11,13,16). The van der Waals surface area contributed by atoms with Crippen molar-refractivity contribution in [1.82, 2.24) is 10.6 Å². The number of methoxy groups -OCH3 is 1. The number of nitrogens with one attached hydrogen (secondary N) is 2. The molecule has 7 nitrogen and oxygen atoms in total. The highest BCUT2D eigenvalue weighted by atomic mass is 16.5. The van der Waals surface area contributed by atoms with Gasteiger partial charge in [-0.1, -0.05) is 0 Å². The molecular formula is C10H13N3O4. The first-order valence-electron chi connectivity index (χ1n) is 4.88. The van der Waals surface area contributed by atoms with Crippen molar-refractivity contribution in [2.24, 2.45) is 4.99 Å². The Morgan fingerprint density at radius 1 is 1.47 bits per heavy atom. The summed E-state index contributed by atoms with van der Waals surface area (Å²) in [6.07, 6.45) is 1.23. The van der Waals surface area contributed by atoms with Crippen molar-refractivity contribution < 1.29 is 19.1 Å². The third-order valence-electron chi connectivity index (χ3n) is 1.82. The van der Waals surface area contributed by atoms with Crippen molar-refractivity contribution in [3.63, 3.8) is 0 Å². The highest BCUT2D eigenvalue weighted by Crippen LogP contribution is 1.99. The second-order valence-corrected chi connectivity index (χ2v) is 3.36. The van der Waals surface area contributed by atoms with Crippen LogP contribution in [-0.4, -0.2) is 43.7 Å². The predicted octanol–water partition coefficient (Wildman–Crippen LogP) is -1.25. The molecule has 0 aliphatic carbocycles. The number of dihydropyridines is 1. The molecule has 0 aromatic rings. The van der Waals surface area contributed by atoms with Crippen molar-refractivity contribution in [1.29, 1.82) is 0 Å². The zero-order chi connectivity index (χ0) is 12.8. The SMILES string of the molecule is COCC(=O)NC1=NCC(NC(C)=O)=CC1=O. The molecule has 0 saturated carbocycles. The molecule has 0 spiro atoms.